The molecular weight excluding hydrogens is 338 g/mol. The molecule has 0 aliphatic carbocycles. The lowest BCUT2D eigenvalue weighted by Crippen LogP contribution is -2.36. The summed E-state index contributed by atoms with van der Waals surface area (Å²) in [6, 6.07) is 10.0. The second kappa shape index (κ2) is 7.22. The number of aromatic nitrogens is 2. The molecule has 0 aliphatic rings. The van der Waals surface area contributed by atoms with E-state index in [1.54, 1.807) is 36.4 Å². The van der Waals surface area contributed by atoms with E-state index in [0.717, 1.165) is 4.68 Å². The predicted molar refractivity (Wildman–Crippen MR) is 92.4 cm³/mol. The van der Waals surface area contributed by atoms with Crippen molar-refractivity contribution in [2.24, 2.45) is 7.05 Å². The normalized spacial score (nSPS) is 11.9. The topological polar surface area (TPSA) is 103 Å². The minimum atomic E-state index is -1.03. The van der Waals surface area contributed by atoms with Crippen molar-refractivity contribution >= 4 is 22.6 Å². The second-order valence-corrected chi connectivity index (χ2v) is 5.67. The van der Waals surface area contributed by atoms with Gasteiger partial charge in [-0.15, -0.1) is 0 Å². The molecule has 26 heavy (non-hydrogen) atoms. The number of hydrogen-bond donors (Lipinski definition) is 1. The molecule has 0 saturated carbocycles. The highest BCUT2D eigenvalue weighted by Crippen LogP contribution is 2.14. The predicted octanol–water partition coefficient (Wildman–Crippen LogP) is 1.39. The minimum absolute atomic E-state index is 0.0200. The smallest absolute Gasteiger partial charge is 0.360 e. The van der Waals surface area contributed by atoms with Gasteiger partial charge in [-0.1, -0.05) is 18.2 Å². The molecule has 0 fully saturated rings. The number of esters is 1. The number of hydrogen-bond acceptors (Lipinski definition) is 6. The van der Waals surface area contributed by atoms with Crippen molar-refractivity contribution < 1.29 is 18.7 Å². The number of furan rings is 1. The molecular formula is C18H17N3O5. The van der Waals surface area contributed by atoms with Crippen molar-refractivity contribution in [2.45, 2.75) is 19.6 Å². The van der Waals surface area contributed by atoms with Gasteiger partial charge in [0.2, 0.25) is 0 Å². The maximum Gasteiger partial charge on any atom is 0.360 e. The van der Waals surface area contributed by atoms with E-state index in [0.29, 0.717) is 16.5 Å². The first-order valence-electron chi connectivity index (χ1n) is 7.94. The van der Waals surface area contributed by atoms with Crippen LogP contribution >= 0.6 is 0 Å². The number of nitrogens with one attached hydrogen (secondary N) is 1. The molecule has 8 nitrogen and oxygen atoms in total. The molecule has 0 bridgehead atoms. The van der Waals surface area contributed by atoms with Gasteiger partial charge in [-0.05, 0) is 25.1 Å². The third-order valence-corrected chi connectivity index (χ3v) is 3.82. The summed E-state index contributed by atoms with van der Waals surface area (Å²) in [4.78, 5) is 36.7. The maximum atomic E-state index is 12.5. The SMILES string of the molecule is C[C@H](OC(=O)c1nn(C)c(=O)c2ccccc12)C(=O)NCc1ccco1. The number of carbonyl (C=O) groups is 2. The van der Waals surface area contributed by atoms with Crippen LogP contribution in [-0.2, 0) is 23.1 Å². The Balaban J connectivity index is 1.75. The summed E-state index contributed by atoms with van der Waals surface area (Å²) in [6.07, 6.45) is 0.469. The molecule has 0 unspecified atom stereocenters. The van der Waals surface area contributed by atoms with Crippen LogP contribution in [0.5, 0.6) is 0 Å². The van der Waals surface area contributed by atoms with Gasteiger partial charge in [0.05, 0.1) is 18.2 Å². The monoisotopic (exact) mass is 355 g/mol. The summed E-state index contributed by atoms with van der Waals surface area (Å²) in [5, 5.41) is 7.33. The van der Waals surface area contributed by atoms with Crippen molar-refractivity contribution in [3.05, 3.63) is 64.5 Å². The first kappa shape index (κ1) is 17.4. The molecule has 3 rings (SSSR count). The average Bonchev–Trinajstić information content (AvgIpc) is 3.16. The number of amides is 1. The molecule has 1 amide bonds. The van der Waals surface area contributed by atoms with Gasteiger partial charge in [-0.2, -0.15) is 5.10 Å². The molecule has 0 aliphatic heterocycles. The van der Waals surface area contributed by atoms with Crippen LogP contribution in [0.15, 0.2) is 51.9 Å². The van der Waals surface area contributed by atoms with E-state index in [4.69, 9.17) is 9.15 Å². The van der Waals surface area contributed by atoms with Crippen LogP contribution in [0.2, 0.25) is 0 Å². The van der Waals surface area contributed by atoms with Crippen LogP contribution in [-0.4, -0.2) is 27.8 Å². The zero-order valence-electron chi connectivity index (χ0n) is 14.3. The van der Waals surface area contributed by atoms with Crippen LogP contribution in [0, 0.1) is 0 Å². The van der Waals surface area contributed by atoms with Gasteiger partial charge in [-0.3, -0.25) is 9.59 Å². The molecule has 1 aromatic carbocycles. The number of fused-ring (bicyclic) bond motifs is 1. The Morgan fingerprint density at radius 2 is 1.96 bits per heavy atom. The van der Waals surface area contributed by atoms with Crippen LogP contribution in [0.25, 0.3) is 10.8 Å². The van der Waals surface area contributed by atoms with E-state index in [2.05, 4.69) is 10.4 Å². The third kappa shape index (κ3) is 3.49. The average molecular weight is 355 g/mol. The standard InChI is InChI=1S/C18H17N3O5/c1-11(16(22)19-10-12-6-5-9-25-12)26-18(24)15-13-7-3-4-8-14(13)17(23)21(2)20-15/h3-9,11H,10H2,1-2H3,(H,19,22)/t11-/m0/s1. The Hall–Kier alpha value is -3.42. The lowest BCUT2D eigenvalue weighted by Gasteiger charge is -2.14. The van der Waals surface area contributed by atoms with Crippen molar-refractivity contribution in [1.29, 1.82) is 0 Å². The zero-order valence-corrected chi connectivity index (χ0v) is 14.3. The number of ether oxygens (including phenoxy) is 1. The fourth-order valence-electron chi connectivity index (χ4n) is 2.45. The second-order valence-electron chi connectivity index (χ2n) is 5.67. The van der Waals surface area contributed by atoms with E-state index in [1.165, 1.54) is 20.2 Å². The van der Waals surface area contributed by atoms with Crippen molar-refractivity contribution in [2.75, 3.05) is 0 Å². The maximum absolute atomic E-state index is 12.5. The Morgan fingerprint density at radius 1 is 1.23 bits per heavy atom. The number of nitrogens with zero attached hydrogens (tertiary/aromatic N) is 2. The van der Waals surface area contributed by atoms with Gasteiger partial charge in [0.1, 0.15) is 5.76 Å². The summed E-state index contributed by atoms with van der Waals surface area (Å²) in [5.41, 5.74) is -0.338. The van der Waals surface area contributed by atoms with Crippen LogP contribution < -0.4 is 10.9 Å². The Bertz CT molecular complexity index is 1010. The number of aryl methyl sites for hydroxylation is 1. The minimum Gasteiger partial charge on any atom is -0.467 e. The highest BCUT2D eigenvalue weighted by Gasteiger charge is 2.22. The Morgan fingerprint density at radius 3 is 2.65 bits per heavy atom. The van der Waals surface area contributed by atoms with E-state index < -0.39 is 18.0 Å². The number of rotatable bonds is 5. The number of carbonyl (C=O) groups excluding carboxylic acids is 2. The summed E-state index contributed by atoms with van der Waals surface area (Å²) < 4.78 is 11.4. The first-order chi connectivity index (χ1) is 12.5. The molecule has 1 N–H and O–H groups in total. The molecule has 0 saturated heterocycles. The molecule has 134 valence electrons. The molecule has 1 atom stereocenters. The zero-order chi connectivity index (χ0) is 18.7. The quantitative estimate of drug-likeness (QED) is 0.694. The summed E-state index contributed by atoms with van der Waals surface area (Å²) in [7, 11) is 1.45. The van der Waals surface area contributed by atoms with E-state index >= 15 is 0 Å². The third-order valence-electron chi connectivity index (χ3n) is 3.82. The lowest BCUT2D eigenvalue weighted by atomic mass is 10.1. The van der Waals surface area contributed by atoms with Gasteiger partial charge in [0.25, 0.3) is 11.5 Å². The van der Waals surface area contributed by atoms with Gasteiger partial charge in [0, 0.05) is 12.4 Å². The fraction of sp³-hybridized carbons (Fsp3) is 0.222. The lowest BCUT2D eigenvalue weighted by molar-refractivity contribution is -0.129. The molecule has 2 heterocycles. The van der Waals surface area contributed by atoms with Gasteiger partial charge in [-0.25, -0.2) is 9.48 Å². The summed E-state index contributed by atoms with van der Waals surface area (Å²) in [6.45, 7) is 1.65. The van der Waals surface area contributed by atoms with Crippen LogP contribution in [0.1, 0.15) is 23.2 Å². The van der Waals surface area contributed by atoms with Crippen molar-refractivity contribution in [3.63, 3.8) is 0 Å². The Kier molecular flexibility index (Phi) is 4.83. The van der Waals surface area contributed by atoms with E-state index in [9.17, 15) is 14.4 Å². The van der Waals surface area contributed by atoms with Crippen LogP contribution in [0.4, 0.5) is 0 Å². The van der Waals surface area contributed by atoms with Gasteiger partial charge < -0.3 is 14.5 Å². The van der Waals surface area contributed by atoms with E-state index in [-0.39, 0.29) is 17.8 Å². The number of benzene rings is 1. The first-order valence-corrected chi connectivity index (χ1v) is 7.94. The molecule has 0 radical (unpaired) electrons. The fourth-order valence-corrected chi connectivity index (χ4v) is 2.45. The molecule has 3 aromatic rings. The largest absolute Gasteiger partial charge is 0.467 e. The van der Waals surface area contributed by atoms with Gasteiger partial charge >= 0.3 is 5.97 Å². The molecule has 0 spiro atoms. The van der Waals surface area contributed by atoms with Crippen LogP contribution in [0.3, 0.4) is 0 Å². The van der Waals surface area contributed by atoms with Gasteiger partial charge in [0.15, 0.2) is 11.8 Å². The summed E-state index contributed by atoms with van der Waals surface area (Å²) >= 11 is 0. The molecule has 2 aromatic heterocycles. The van der Waals surface area contributed by atoms with E-state index in [1.807, 2.05) is 0 Å². The molecule has 8 heteroatoms. The Labute approximate surface area is 148 Å². The van der Waals surface area contributed by atoms with Crippen molar-refractivity contribution in [1.82, 2.24) is 15.1 Å². The highest BCUT2D eigenvalue weighted by atomic mass is 16.5. The van der Waals surface area contributed by atoms with Crippen molar-refractivity contribution in [3.8, 4) is 0 Å². The highest BCUT2D eigenvalue weighted by molar-refractivity contribution is 6.02. The summed E-state index contributed by atoms with van der Waals surface area (Å²) in [5.74, 6) is -0.663.